The van der Waals surface area contributed by atoms with E-state index in [9.17, 15) is 5.11 Å². The van der Waals surface area contributed by atoms with Crippen molar-refractivity contribution in [2.75, 3.05) is 6.54 Å². The molecule has 2 nitrogen and oxygen atoms in total. The van der Waals surface area contributed by atoms with Gasteiger partial charge < -0.3 is 10.8 Å². The first-order valence-electron chi connectivity index (χ1n) is 5.16. The van der Waals surface area contributed by atoms with Crippen molar-refractivity contribution in [3.63, 3.8) is 0 Å². The van der Waals surface area contributed by atoms with Gasteiger partial charge in [-0.2, -0.15) is 0 Å². The van der Waals surface area contributed by atoms with Gasteiger partial charge in [0.1, 0.15) is 0 Å². The lowest BCUT2D eigenvalue weighted by Gasteiger charge is -2.21. The number of aliphatic hydroxyl groups is 1. The Hall–Kier alpha value is -0.860. The molecule has 0 radical (unpaired) electrons. The van der Waals surface area contributed by atoms with Gasteiger partial charge in [-0.25, -0.2) is 0 Å². The summed E-state index contributed by atoms with van der Waals surface area (Å²) in [5, 5.41) is 9.91. The first kappa shape index (κ1) is 9.69. The van der Waals surface area contributed by atoms with E-state index in [1.807, 2.05) is 12.1 Å². The van der Waals surface area contributed by atoms with Gasteiger partial charge in [0.2, 0.25) is 0 Å². The number of nitrogens with two attached hydrogens (primary N) is 1. The zero-order valence-corrected chi connectivity index (χ0v) is 8.53. The lowest BCUT2D eigenvalue weighted by molar-refractivity contribution is 0.0668. The number of hydrogen-bond donors (Lipinski definition) is 2. The van der Waals surface area contributed by atoms with Crippen LogP contribution in [-0.2, 0) is 5.60 Å². The van der Waals surface area contributed by atoms with E-state index in [-0.39, 0.29) is 6.54 Å². The van der Waals surface area contributed by atoms with E-state index in [0.717, 1.165) is 11.5 Å². The van der Waals surface area contributed by atoms with Gasteiger partial charge in [0.05, 0.1) is 5.60 Å². The van der Waals surface area contributed by atoms with Crippen LogP contribution in [0.25, 0.3) is 0 Å². The van der Waals surface area contributed by atoms with Gasteiger partial charge in [-0.1, -0.05) is 24.3 Å². The summed E-state index contributed by atoms with van der Waals surface area (Å²) in [6, 6.07) is 8.19. The predicted octanol–water partition coefficient (Wildman–Crippen LogP) is 1.73. The first-order chi connectivity index (χ1) is 6.63. The van der Waals surface area contributed by atoms with Gasteiger partial charge >= 0.3 is 0 Å². The molecule has 0 aliphatic heterocycles. The van der Waals surface area contributed by atoms with E-state index in [1.165, 1.54) is 18.4 Å². The summed E-state index contributed by atoms with van der Waals surface area (Å²) in [7, 11) is 0. The van der Waals surface area contributed by atoms with Crippen LogP contribution in [0.3, 0.4) is 0 Å². The Morgan fingerprint density at radius 2 is 1.93 bits per heavy atom. The minimum Gasteiger partial charge on any atom is -0.384 e. The summed E-state index contributed by atoms with van der Waals surface area (Å²) in [5.41, 5.74) is 6.91. The summed E-state index contributed by atoms with van der Waals surface area (Å²) in [6.07, 6.45) is 2.62. The molecule has 3 N–H and O–H groups in total. The fourth-order valence-electron chi connectivity index (χ4n) is 1.65. The highest BCUT2D eigenvalue weighted by Gasteiger charge is 2.25. The lowest BCUT2D eigenvalue weighted by atomic mass is 9.95. The minimum absolute atomic E-state index is 0.260. The second-order valence-electron chi connectivity index (χ2n) is 4.37. The SMILES string of the molecule is CC(O)(CN)c1ccc(C2CC2)cc1. The molecule has 1 aliphatic rings. The van der Waals surface area contributed by atoms with Crippen LogP contribution in [0.5, 0.6) is 0 Å². The molecule has 0 saturated heterocycles. The topological polar surface area (TPSA) is 46.2 Å². The largest absolute Gasteiger partial charge is 0.384 e. The highest BCUT2D eigenvalue weighted by Crippen LogP contribution is 2.40. The molecular formula is C12H17NO. The molecular weight excluding hydrogens is 174 g/mol. The van der Waals surface area contributed by atoms with Crippen LogP contribution >= 0.6 is 0 Å². The van der Waals surface area contributed by atoms with Gasteiger partial charge in [0.25, 0.3) is 0 Å². The summed E-state index contributed by atoms with van der Waals surface area (Å²) in [4.78, 5) is 0. The van der Waals surface area contributed by atoms with Crippen LogP contribution in [0.4, 0.5) is 0 Å². The van der Waals surface area contributed by atoms with Crippen molar-refractivity contribution in [3.8, 4) is 0 Å². The van der Waals surface area contributed by atoms with Crippen molar-refractivity contribution in [2.24, 2.45) is 5.73 Å². The number of benzene rings is 1. The summed E-state index contributed by atoms with van der Waals surface area (Å²) < 4.78 is 0. The molecule has 14 heavy (non-hydrogen) atoms. The van der Waals surface area contributed by atoms with Crippen LogP contribution in [0, 0.1) is 0 Å². The number of rotatable bonds is 3. The van der Waals surface area contributed by atoms with E-state index in [1.54, 1.807) is 6.92 Å². The van der Waals surface area contributed by atoms with Gasteiger partial charge in [0.15, 0.2) is 0 Å². The number of hydrogen-bond acceptors (Lipinski definition) is 2. The highest BCUT2D eigenvalue weighted by atomic mass is 16.3. The second-order valence-corrected chi connectivity index (χ2v) is 4.37. The standard InChI is InChI=1S/C12H17NO/c1-12(14,8-13)11-6-4-10(5-7-11)9-2-3-9/h4-7,9,14H,2-3,8,13H2,1H3. The Bertz CT molecular complexity index is 312. The van der Waals surface area contributed by atoms with Crippen molar-refractivity contribution in [2.45, 2.75) is 31.3 Å². The smallest absolute Gasteiger partial charge is 0.0990 e. The quantitative estimate of drug-likeness (QED) is 0.764. The predicted molar refractivity (Wildman–Crippen MR) is 57.0 cm³/mol. The molecule has 2 rings (SSSR count). The molecule has 0 aromatic heterocycles. The summed E-state index contributed by atoms with van der Waals surface area (Å²) in [6.45, 7) is 2.01. The summed E-state index contributed by atoms with van der Waals surface area (Å²) in [5.74, 6) is 0.770. The molecule has 76 valence electrons. The average molecular weight is 191 g/mol. The molecule has 0 spiro atoms. The molecule has 1 atom stereocenters. The van der Waals surface area contributed by atoms with E-state index in [0.29, 0.717) is 0 Å². The Balaban J connectivity index is 2.20. The Morgan fingerprint density at radius 1 is 1.36 bits per heavy atom. The molecule has 1 unspecified atom stereocenters. The van der Waals surface area contributed by atoms with E-state index in [4.69, 9.17) is 5.73 Å². The molecule has 2 heteroatoms. The van der Waals surface area contributed by atoms with Gasteiger partial charge in [-0.05, 0) is 36.8 Å². The Kier molecular flexibility index (Phi) is 2.33. The van der Waals surface area contributed by atoms with E-state index < -0.39 is 5.60 Å². The highest BCUT2D eigenvalue weighted by molar-refractivity contribution is 5.30. The maximum atomic E-state index is 9.91. The fraction of sp³-hybridized carbons (Fsp3) is 0.500. The maximum absolute atomic E-state index is 9.91. The normalized spacial score (nSPS) is 20.5. The van der Waals surface area contributed by atoms with Crippen LogP contribution in [0.15, 0.2) is 24.3 Å². The molecule has 1 fully saturated rings. The maximum Gasteiger partial charge on any atom is 0.0990 e. The first-order valence-corrected chi connectivity index (χ1v) is 5.16. The average Bonchev–Trinajstić information content (AvgIpc) is 3.01. The van der Waals surface area contributed by atoms with Gasteiger partial charge in [-0.3, -0.25) is 0 Å². The third-order valence-corrected chi connectivity index (χ3v) is 2.98. The molecule has 1 aliphatic carbocycles. The second kappa shape index (κ2) is 3.37. The van der Waals surface area contributed by atoms with Crippen LogP contribution in [0.2, 0.25) is 0 Å². The molecule has 1 saturated carbocycles. The molecule has 0 heterocycles. The fourth-order valence-corrected chi connectivity index (χ4v) is 1.65. The van der Waals surface area contributed by atoms with Crippen molar-refractivity contribution in [3.05, 3.63) is 35.4 Å². The zero-order chi connectivity index (χ0) is 10.2. The van der Waals surface area contributed by atoms with Crippen molar-refractivity contribution < 1.29 is 5.11 Å². The zero-order valence-electron chi connectivity index (χ0n) is 8.53. The third kappa shape index (κ3) is 1.81. The van der Waals surface area contributed by atoms with E-state index in [2.05, 4.69) is 12.1 Å². The van der Waals surface area contributed by atoms with Crippen molar-refractivity contribution in [1.82, 2.24) is 0 Å². The minimum atomic E-state index is -0.887. The third-order valence-electron chi connectivity index (χ3n) is 2.98. The monoisotopic (exact) mass is 191 g/mol. The summed E-state index contributed by atoms with van der Waals surface area (Å²) >= 11 is 0. The van der Waals surface area contributed by atoms with Crippen LogP contribution in [-0.4, -0.2) is 11.7 Å². The van der Waals surface area contributed by atoms with Crippen LogP contribution in [0.1, 0.15) is 36.8 Å². The molecule has 0 amide bonds. The van der Waals surface area contributed by atoms with Crippen LogP contribution < -0.4 is 5.73 Å². The lowest BCUT2D eigenvalue weighted by Crippen LogP contribution is -2.31. The molecule has 0 bridgehead atoms. The van der Waals surface area contributed by atoms with Crippen molar-refractivity contribution in [1.29, 1.82) is 0 Å². The van der Waals surface area contributed by atoms with E-state index >= 15 is 0 Å². The Labute approximate surface area is 84.7 Å². The van der Waals surface area contributed by atoms with Gasteiger partial charge in [-0.15, -0.1) is 0 Å². The molecule has 1 aromatic rings. The van der Waals surface area contributed by atoms with Gasteiger partial charge in [0, 0.05) is 6.54 Å². The molecule has 1 aromatic carbocycles. The van der Waals surface area contributed by atoms with Crippen molar-refractivity contribution >= 4 is 0 Å². The Morgan fingerprint density at radius 3 is 2.36 bits per heavy atom.